The molecule has 0 aliphatic heterocycles. The highest BCUT2D eigenvalue weighted by Crippen LogP contribution is 2.13. The molecule has 0 bridgehead atoms. The normalized spacial score (nSPS) is 10.2. The van der Waals surface area contributed by atoms with Gasteiger partial charge in [0.05, 0.1) is 13.2 Å². The molecule has 2 aromatic rings. The number of ether oxygens (including phenoxy) is 1. The van der Waals surface area contributed by atoms with Gasteiger partial charge in [0.2, 0.25) is 0 Å². The SMILES string of the molecule is O=C(NCCO)c1ccc(OCCCc2ccccc2)cc1. The summed E-state index contributed by atoms with van der Waals surface area (Å²) in [7, 11) is 0. The molecule has 116 valence electrons. The zero-order valence-corrected chi connectivity index (χ0v) is 12.5. The number of hydrogen-bond donors (Lipinski definition) is 2. The van der Waals surface area contributed by atoms with Crippen LogP contribution in [0.3, 0.4) is 0 Å². The topological polar surface area (TPSA) is 58.6 Å². The number of nitrogens with one attached hydrogen (secondary N) is 1. The summed E-state index contributed by atoms with van der Waals surface area (Å²) in [6.45, 7) is 0.843. The van der Waals surface area contributed by atoms with Crippen LogP contribution in [0, 0.1) is 0 Å². The Morgan fingerprint density at radius 1 is 1.05 bits per heavy atom. The Labute approximate surface area is 130 Å². The standard InChI is InChI=1S/C18H21NO3/c20-13-12-19-18(21)16-8-10-17(11-9-16)22-14-4-7-15-5-2-1-3-6-15/h1-3,5-6,8-11,20H,4,7,12-14H2,(H,19,21). The average molecular weight is 299 g/mol. The van der Waals surface area contributed by atoms with E-state index in [1.807, 2.05) is 18.2 Å². The monoisotopic (exact) mass is 299 g/mol. The van der Waals surface area contributed by atoms with Crippen LogP contribution in [0.2, 0.25) is 0 Å². The van der Waals surface area contributed by atoms with Gasteiger partial charge in [0.15, 0.2) is 0 Å². The fourth-order valence-electron chi connectivity index (χ4n) is 2.09. The van der Waals surface area contributed by atoms with E-state index in [9.17, 15) is 4.79 Å². The Bertz CT molecular complexity index is 567. The fourth-order valence-corrected chi connectivity index (χ4v) is 2.09. The van der Waals surface area contributed by atoms with Crippen LogP contribution in [0.15, 0.2) is 54.6 Å². The van der Waals surface area contributed by atoms with Crippen LogP contribution in [0.25, 0.3) is 0 Å². The number of aliphatic hydroxyl groups is 1. The van der Waals surface area contributed by atoms with Gasteiger partial charge in [-0.05, 0) is 42.7 Å². The van der Waals surface area contributed by atoms with E-state index in [-0.39, 0.29) is 19.1 Å². The zero-order valence-electron chi connectivity index (χ0n) is 12.5. The highest BCUT2D eigenvalue weighted by atomic mass is 16.5. The summed E-state index contributed by atoms with van der Waals surface area (Å²) in [5.74, 6) is 0.566. The van der Waals surface area contributed by atoms with Crippen LogP contribution < -0.4 is 10.1 Å². The fraction of sp³-hybridized carbons (Fsp3) is 0.278. The lowest BCUT2D eigenvalue weighted by atomic mass is 10.1. The molecule has 0 heterocycles. The Balaban J connectivity index is 1.73. The van der Waals surface area contributed by atoms with Gasteiger partial charge < -0.3 is 15.2 Å². The second-order valence-electron chi connectivity index (χ2n) is 4.94. The van der Waals surface area contributed by atoms with Crippen molar-refractivity contribution in [1.29, 1.82) is 0 Å². The van der Waals surface area contributed by atoms with Crippen LogP contribution in [-0.2, 0) is 6.42 Å². The van der Waals surface area contributed by atoms with E-state index in [1.165, 1.54) is 5.56 Å². The van der Waals surface area contributed by atoms with Crippen molar-refractivity contribution in [3.8, 4) is 5.75 Å². The summed E-state index contributed by atoms with van der Waals surface area (Å²) in [6, 6.07) is 17.3. The molecule has 0 spiro atoms. The number of rotatable bonds is 8. The number of amides is 1. The number of aliphatic hydroxyl groups excluding tert-OH is 1. The molecule has 0 unspecified atom stereocenters. The summed E-state index contributed by atoms with van der Waals surface area (Å²) in [5.41, 5.74) is 1.87. The molecule has 0 aliphatic carbocycles. The first-order chi connectivity index (χ1) is 10.8. The minimum absolute atomic E-state index is 0.0612. The molecular formula is C18H21NO3. The molecule has 2 N–H and O–H groups in total. The molecule has 0 aromatic heterocycles. The van der Waals surface area contributed by atoms with Gasteiger partial charge in [-0.3, -0.25) is 4.79 Å². The highest BCUT2D eigenvalue weighted by molar-refractivity contribution is 5.94. The third kappa shape index (κ3) is 5.22. The number of benzene rings is 2. The van der Waals surface area contributed by atoms with Crippen LogP contribution >= 0.6 is 0 Å². The molecule has 0 aliphatic rings. The van der Waals surface area contributed by atoms with Crippen LogP contribution in [0.4, 0.5) is 0 Å². The lowest BCUT2D eigenvalue weighted by Crippen LogP contribution is -2.26. The van der Waals surface area contributed by atoms with Gasteiger partial charge in [0.1, 0.15) is 5.75 Å². The molecule has 0 saturated heterocycles. The molecule has 0 saturated carbocycles. The van der Waals surface area contributed by atoms with Crippen molar-refractivity contribution in [2.45, 2.75) is 12.8 Å². The smallest absolute Gasteiger partial charge is 0.251 e. The summed E-state index contributed by atoms with van der Waals surface area (Å²) >= 11 is 0. The highest BCUT2D eigenvalue weighted by Gasteiger charge is 2.04. The van der Waals surface area contributed by atoms with E-state index in [2.05, 4.69) is 17.4 Å². The maximum atomic E-state index is 11.7. The van der Waals surface area contributed by atoms with Crippen molar-refractivity contribution >= 4 is 5.91 Å². The van der Waals surface area contributed by atoms with E-state index < -0.39 is 0 Å². The van der Waals surface area contributed by atoms with Crippen molar-refractivity contribution in [2.75, 3.05) is 19.8 Å². The quantitative estimate of drug-likeness (QED) is 0.736. The number of aryl methyl sites for hydroxylation is 1. The van der Waals surface area contributed by atoms with E-state index in [1.54, 1.807) is 24.3 Å². The van der Waals surface area contributed by atoms with Gasteiger partial charge in [-0.1, -0.05) is 30.3 Å². The first-order valence-corrected chi connectivity index (χ1v) is 7.45. The molecule has 0 radical (unpaired) electrons. The number of carbonyl (C=O) groups excluding carboxylic acids is 1. The van der Waals surface area contributed by atoms with E-state index in [0.717, 1.165) is 18.6 Å². The molecule has 1 amide bonds. The Hall–Kier alpha value is -2.33. The van der Waals surface area contributed by atoms with Gasteiger partial charge in [-0.2, -0.15) is 0 Å². The van der Waals surface area contributed by atoms with Gasteiger partial charge in [-0.15, -0.1) is 0 Å². The predicted octanol–water partition coefficient (Wildman–Crippen LogP) is 2.42. The summed E-state index contributed by atoms with van der Waals surface area (Å²) in [6.07, 6.45) is 1.94. The first kappa shape index (κ1) is 16.0. The van der Waals surface area contributed by atoms with E-state index in [0.29, 0.717) is 12.2 Å². The molecule has 0 atom stereocenters. The lowest BCUT2D eigenvalue weighted by molar-refractivity contribution is 0.0944. The van der Waals surface area contributed by atoms with Gasteiger partial charge in [0, 0.05) is 12.1 Å². The Morgan fingerprint density at radius 3 is 2.45 bits per heavy atom. The van der Waals surface area contributed by atoms with Crippen molar-refractivity contribution < 1.29 is 14.6 Å². The van der Waals surface area contributed by atoms with Crippen molar-refractivity contribution in [2.24, 2.45) is 0 Å². The van der Waals surface area contributed by atoms with Gasteiger partial charge in [-0.25, -0.2) is 0 Å². The minimum atomic E-state index is -0.190. The second kappa shape index (κ2) is 8.85. The van der Waals surface area contributed by atoms with Crippen molar-refractivity contribution in [1.82, 2.24) is 5.32 Å². The molecule has 0 fully saturated rings. The van der Waals surface area contributed by atoms with Crippen LogP contribution in [0.5, 0.6) is 5.75 Å². The average Bonchev–Trinajstić information content (AvgIpc) is 2.58. The van der Waals surface area contributed by atoms with Crippen LogP contribution in [-0.4, -0.2) is 30.8 Å². The molecule has 4 heteroatoms. The Morgan fingerprint density at radius 2 is 1.77 bits per heavy atom. The summed E-state index contributed by atoms with van der Waals surface area (Å²) in [4.78, 5) is 11.7. The molecule has 4 nitrogen and oxygen atoms in total. The van der Waals surface area contributed by atoms with Crippen molar-refractivity contribution in [3.05, 3.63) is 65.7 Å². The van der Waals surface area contributed by atoms with Gasteiger partial charge in [0.25, 0.3) is 5.91 Å². The van der Waals surface area contributed by atoms with Crippen molar-refractivity contribution in [3.63, 3.8) is 0 Å². The number of hydrogen-bond acceptors (Lipinski definition) is 3. The van der Waals surface area contributed by atoms with E-state index in [4.69, 9.17) is 9.84 Å². The molecule has 22 heavy (non-hydrogen) atoms. The minimum Gasteiger partial charge on any atom is -0.494 e. The van der Waals surface area contributed by atoms with Crippen LogP contribution in [0.1, 0.15) is 22.3 Å². The molecule has 2 aromatic carbocycles. The summed E-state index contributed by atoms with van der Waals surface area (Å²) in [5, 5.41) is 11.3. The summed E-state index contributed by atoms with van der Waals surface area (Å²) < 4.78 is 5.67. The third-order valence-corrected chi connectivity index (χ3v) is 3.24. The van der Waals surface area contributed by atoms with Gasteiger partial charge >= 0.3 is 0 Å². The second-order valence-corrected chi connectivity index (χ2v) is 4.94. The molecule has 2 rings (SSSR count). The maximum absolute atomic E-state index is 11.7. The largest absolute Gasteiger partial charge is 0.494 e. The third-order valence-electron chi connectivity index (χ3n) is 3.24. The molecular weight excluding hydrogens is 278 g/mol. The first-order valence-electron chi connectivity index (χ1n) is 7.45. The lowest BCUT2D eigenvalue weighted by Gasteiger charge is -2.07. The van der Waals surface area contributed by atoms with E-state index >= 15 is 0 Å². The maximum Gasteiger partial charge on any atom is 0.251 e. The Kier molecular flexibility index (Phi) is 6.45. The number of carbonyl (C=O) groups is 1. The predicted molar refractivity (Wildman–Crippen MR) is 86.1 cm³/mol. The zero-order chi connectivity index (χ0) is 15.6.